The largest absolute Gasteiger partial charge is 0.379 e. The van der Waals surface area contributed by atoms with E-state index in [1.165, 1.54) is 10.5 Å². The molecule has 0 spiro atoms. The predicted octanol–water partition coefficient (Wildman–Crippen LogP) is 2.47. The molecule has 0 fully saturated rings. The summed E-state index contributed by atoms with van der Waals surface area (Å²) in [5.74, 6) is 6.04. The van der Waals surface area contributed by atoms with Crippen molar-refractivity contribution in [1.82, 2.24) is 0 Å². The van der Waals surface area contributed by atoms with E-state index in [-0.39, 0.29) is 0 Å². The Morgan fingerprint density at radius 3 is 2.57 bits per heavy atom. The van der Waals surface area contributed by atoms with Gasteiger partial charge in [-0.1, -0.05) is 23.6 Å². The molecule has 0 radical (unpaired) electrons. The Balaban J connectivity index is 2.44. The molecule has 1 aromatic carbocycles. The fraction of sp³-hybridized carbons (Fsp3) is 0.333. The number of benzene rings is 1. The summed E-state index contributed by atoms with van der Waals surface area (Å²) in [4.78, 5) is 1.17. The second kappa shape index (κ2) is 5.74. The van der Waals surface area contributed by atoms with Gasteiger partial charge in [0, 0.05) is 10.6 Å². The number of thioether (sulfide) groups is 1. The van der Waals surface area contributed by atoms with Gasteiger partial charge in [-0.05, 0) is 26.0 Å². The highest BCUT2D eigenvalue weighted by Crippen LogP contribution is 2.18. The molecule has 1 nitrogen and oxygen atoms in total. The van der Waals surface area contributed by atoms with Gasteiger partial charge in [0.05, 0.1) is 0 Å². The maximum absolute atomic E-state index is 9.37. The smallest absolute Gasteiger partial charge is 0.124 e. The number of aliphatic hydroxyl groups excluding tert-OH is 1. The second-order valence-corrected chi connectivity index (χ2v) is 4.13. The highest BCUT2D eigenvalue weighted by Gasteiger charge is 2.00. The van der Waals surface area contributed by atoms with Crippen LogP contribution in [0.15, 0.2) is 29.2 Å². The van der Waals surface area contributed by atoms with Crippen LogP contribution in [-0.4, -0.2) is 17.0 Å². The molecule has 0 saturated heterocycles. The molecule has 1 rings (SSSR count). The van der Waals surface area contributed by atoms with Crippen LogP contribution in [0, 0.1) is 18.8 Å². The van der Waals surface area contributed by atoms with Crippen molar-refractivity contribution in [2.75, 3.05) is 5.75 Å². The lowest BCUT2D eigenvalue weighted by Crippen LogP contribution is -2.05. The van der Waals surface area contributed by atoms with E-state index >= 15 is 0 Å². The molecule has 1 aromatic rings. The minimum absolute atomic E-state index is 0.522. The van der Waals surface area contributed by atoms with Gasteiger partial charge in [0.15, 0.2) is 0 Å². The molecule has 0 saturated carbocycles. The maximum atomic E-state index is 9.37. The summed E-state index contributed by atoms with van der Waals surface area (Å²) in [5, 5.41) is 9.37. The van der Waals surface area contributed by atoms with Crippen LogP contribution in [0.4, 0.5) is 0 Å². The van der Waals surface area contributed by atoms with Gasteiger partial charge < -0.3 is 5.11 Å². The Morgan fingerprint density at radius 1 is 1.36 bits per heavy atom. The molecule has 0 aliphatic carbocycles. The summed E-state index contributed by atoms with van der Waals surface area (Å²) >= 11 is 1.62. The average Bonchev–Trinajstić information content (AvgIpc) is 2.17. The number of rotatable bonds is 3. The van der Waals surface area contributed by atoms with Crippen molar-refractivity contribution < 1.29 is 5.11 Å². The molecule has 0 heterocycles. The predicted molar refractivity (Wildman–Crippen MR) is 61.4 cm³/mol. The first-order valence-corrected chi connectivity index (χ1v) is 5.50. The van der Waals surface area contributed by atoms with Gasteiger partial charge in [-0.25, -0.2) is 0 Å². The summed E-state index contributed by atoms with van der Waals surface area (Å²) in [6, 6.07) is 8.26. The Bertz CT molecular complexity index is 332. The summed E-state index contributed by atoms with van der Waals surface area (Å²) in [6.45, 7) is 3.80. The molecule has 2 heteroatoms. The van der Waals surface area contributed by atoms with Crippen LogP contribution in [-0.2, 0) is 0 Å². The van der Waals surface area contributed by atoms with Gasteiger partial charge in [0.1, 0.15) is 6.10 Å². The van der Waals surface area contributed by atoms with Crippen molar-refractivity contribution in [3.63, 3.8) is 0 Å². The Morgan fingerprint density at radius 2 is 2.00 bits per heavy atom. The zero-order chi connectivity index (χ0) is 10.4. The summed E-state index contributed by atoms with van der Waals surface area (Å²) in [6.07, 6.45) is -0.522. The first-order valence-electron chi connectivity index (χ1n) is 4.52. The van der Waals surface area contributed by atoms with E-state index in [0.29, 0.717) is 5.75 Å². The van der Waals surface area contributed by atoms with E-state index in [1.807, 2.05) is 0 Å². The van der Waals surface area contributed by atoms with E-state index in [9.17, 15) is 5.11 Å². The second-order valence-electron chi connectivity index (χ2n) is 3.03. The lowest BCUT2D eigenvalue weighted by molar-refractivity contribution is 0.258. The summed E-state index contributed by atoms with van der Waals surface area (Å²) in [7, 11) is 0. The Kier molecular flexibility index (Phi) is 4.58. The highest BCUT2D eigenvalue weighted by molar-refractivity contribution is 7.99. The topological polar surface area (TPSA) is 20.2 Å². The van der Waals surface area contributed by atoms with Crippen LogP contribution >= 0.6 is 11.8 Å². The highest BCUT2D eigenvalue weighted by atomic mass is 32.2. The SMILES string of the molecule is CC#C[C@H](O)CSc1ccc(C)cc1. The molecule has 14 heavy (non-hydrogen) atoms. The van der Waals surface area contributed by atoms with Crippen LogP contribution in [0.5, 0.6) is 0 Å². The lowest BCUT2D eigenvalue weighted by Gasteiger charge is -2.03. The zero-order valence-electron chi connectivity index (χ0n) is 8.45. The van der Waals surface area contributed by atoms with Crippen molar-refractivity contribution in [1.29, 1.82) is 0 Å². The van der Waals surface area contributed by atoms with E-state index in [1.54, 1.807) is 18.7 Å². The lowest BCUT2D eigenvalue weighted by atomic mass is 10.2. The van der Waals surface area contributed by atoms with Crippen LogP contribution in [0.25, 0.3) is 0 Å². The molecule has 0 aliphatic rings. The van der Waals surface area contributed by atoms with Crippen molar-refractivity contribution in [2.24, 2.45) is 0 Å². The van der Waals surface area contributed by atoms with Gasteiger partial charge in [-0.15, -0.1) is 17.7 Å². The summed E-state index contributed by atoms with van der Waals surface area (Å²) in [5.41, 5.74) is 1.25. The molecule has 0 amide bonds. The molecule has 74 valence electrons. The third-order valence-corrected chi connectivity index (χ3v) is 2.83. The van der Waals surface area contributed by atoms with E-state index in [2.05, 4.69) is 43.0 Å². The Hall–Kier alpha value is -0.910. The Labute approximate surface area is 89.5 Å². The summed E-state index contributed by atoms with van der Waals surface area (Å²) < 4.78 is 0. The van der Waals surface area contributed by atoms with Gasteiger partial charge >= 0.3 is 0 Å². The first-order chi connectivity index (χ1) is 6.72. The fourth-order valence-corrected chi connectivity index (χ4v) is 1.78. The number of aliphatic hydroxyl groups is 1. The molecule has 0 unspecified atom stereocenters. The van der Waals surface area contributed by atoms with Gasteiger partial charge in [-0.3, -0.25) is 0 Å². The zero-order valence-corrected chi connectivity index (χ0v) is 9.27. The van der Waals surface area contributed by atoms with Gasteiger partial charge in [0.25, 0.3) is 0 Å². The standard InChI is InChI=1S/C12H14OS/c1-3-4-11(13)9-14-12-7-5-10(2)6-8-12/h5-8,11,13H,9H2,1-2H3/t11-/m0/s1. The third-order valence-electron chi connectivity index (χ3n) is 1.74. The van der Waals surface area contributed by atoms with E-state index in [0.717, 1.165) is 0 Å². The van der Waals surface area contributed by atoms with Crippen molar-refractivity contribution in [2.45, 2.75) is 24.8 Å². The average molecular weight is 206 g/mol. The maximum Gasteiger partial charge on any atom is 0.124 e. The van der Waals surface area contributed by atoms with Crippen molar-refractivity contribution in [3.05, 3.63) is 29.8 Å². The normalized spacial score (nSPS) is 11.6. The minimum atomic E-state index is -0.522. The number of hydrogen-bond donors (Lipinski definition) is 1. The molecule has 1 atom stereocenters. The molecule has 1 N–H and O–H groups in total. The van der Waals surface area contributed by atoms with Gasteiger partial charge in [-0.2, -0.15) is 0 Å². The molecule has 0 aromatic heterocycles. The van der Waals surface area contributed by atoms with Crippen LogP contribution in [0.3, 0.4) is 0 Å². The molecular formula is C12H14OS. The fourth-order valence-electron chi connectivity index (χ4n) is 1.02. The van der Waals surface area contributed by atoms with Crippen LogP contribution in [0.2, 0.25) is 0 Å². The molecule has 0 aliphatic heterocycles. The number of aryl methyl sites for hydroxylation is 1. The monoisotopic (exact) mass is 206 g/mol. The van der Waals surface area contributed by atoms with Crippen molar-refractivity contribution in [3.8, 4) is 11.8 Å². The van der Waals surface area contributed by atoms with E-state index < -0.39 is 6.10 Å². The minimum Gasteiger partial charge on any atom is -0.379 e. The van der Waals surface area contributed by atoms with E-state index in [4.69, 9.17) is 0 Å². The third kappa shape index (κ3) is 3.87. The number of hydrogen-bond acceptors (Lipinski definition) is 2. The van der Waals surface area contributed by atoms with Crippen molar-refractivity contribution >= 4 is 11.8 Å². The van der Waals surface area contributed by atoms with Crippen LogP contribution in [0.1, 0.15) is 12.5 Å². The first kappa shape index (κ1) is 11.2. The quantitative estimate of drug-likeness (QED) is 0.605. The molecule has 0 bridgehead atoms. The molecular weight excluding hydrogens is 192 g/mol. The van der Waals surface area contributed by atoms with Crippen LogP contribution < -0.4 is 0 Å². The van der Waals surface area contributed by atoms with Gasteiger partial charge in [0.2, 0.25) is 0 Å².